The molecule has 0 atom stereocenters. The molecule has 0 bridgehead atoms. The number of carbonyl (C=O) groups is 2. The van der Waals surface area contributed by atoms with Crippen molar-refractivity contribution < 1.29 is 9.59 Å². The predicted molar refractivity (Wildman–Crippen MR) is 65.6 cm³/mol. The molecule has 2 heterocycles. The van der Waals surface area contributed by atoms with Crippen LogP contribution < -0.4 is 16.6 Å². The van der Waals surface area contributed by atoms with Crippen LogP contribution in [0.15, 0.2) is 18.3 Å². The summed E-state index contributed by atoms with van der Waals surface area (Å²) in [6.07, 6.45) is 2.23. The van der Waals surface area contributed by atoms with Gasteiger partial charge in [0, 0.05) is 13.1 Å². The SMILES string of the molecule is NNc1ccc(C(=O)N2CCCNC(=O)C2)nc1. The van der Waals surface area contributed by atoms with Gasteiger partial charge in [0.2, 0.25) is 5.91 Å². The summed E-state index contributed by atoms with van der Waals surface area (Å²) in [5.74, 6) is 4.84. The number of nitrogen functional groups attached to an aromatic ring is 1. The quantitative estimate of drug-likeness (QED) is 0.477. The van der Waals surface area contributed by atoms with E-state index in [4.69, 9.17) is 5.84 Å². The Morgan fingerprint density at radius 3 is 3.00 bits per heavy atom. The van der Waals surface area contributed by atoms with Crippen molar-refractivity contribution in [2.45, 2.75) is 6.42 Å². The second-order valence-electron chi connectivity index (χ2n) is 4.01. The Kier molecular flexibility index (Phi) is 3.73. The fourth-order valence-corrected chi connectivity index (χ4v) is 1.75. The number of nitrogens with one attached hydrogen (secondary N) is 2. The lowest BCUT2D eigenvalue weighted by molar-refractivity contribution is -0.121. The van der Waals surface area contributed by atoms with E-state index in [-0.39, 0.29) is 18.4 Å². The van der Waals surface area contributed by atoms with Gasteiger partial charge in [-0.1, -0.05) is 0 Å². The minimum Gasteiger partial charge on any atom is -0.354 e. The molecule has 0 aliphatic carbocycles. The van der Waals surface area contributed by atoms with Crippen LogP contribution in [0.3, 0.4) is 0 Å². The molecule has 0 aromatic carbocycles. The third-order valence-corrected chi connectivity index (χ3v) is 2.70. The predicted octanol–water partition coefficient (Wildman–Crippen LogP) is -0.671. The van der Waals surface area contributed by atoms with Gasteiger partial charge >= 0.3 is 0 Å². The first-order valence-electron chi connectivity index (χ1n) is 5.69. The summed E-state index contributed by atoms with van der Waals surface area (Å²) < 4.78 is 0. The standard InChI is InChI=1S/C11H15N5O2/c12-15-8-2-3-9(14-6-8)11(18)16-5-1-4-13-10(17)7-16/h2-3,6,15H,1,4-5,7,12H2,(H,13,17). The Bertz CT molecular complexity index is 445. The van der Waals surface area contributed by atoms with E-state index >= 15 is 0 Å². The van der Waals surface area contributed by atoms with Crippen molar-refractivity contribution in [1.82, 2.24) is 15.2 Å². The third-order valence-electron chi connectivity index (χ3n) is 2.70. The molecular formula is C11H15N5O2. The molecule has 1 fully saturated rings. The van der Waals surface area contributed by atoms with Gasteiger partial charge in [0.15, 0.2) is 0 Å². The number of amides is 2. The molecule has 1 aromatic rings. The van der Waals surface area contributed by atoms with Crippen LogP contribution in [0.2, 0.25) is 0 Å². The molecule has 18 heavy (non-hydrogen) atoms. The average Bonchev–Trinajstić information content (AvgIpc) is 2.63. The highest BCUT2D eigenvalue weighted by Gasteiger charge is 2.21. The van der Waals surface area contributed by atoms with E-state index in [2.05, 4.69) is 15.7 Å². The topological polar surface area (TPSA) is 100 Å². The summed E-state index contributed by atoms with van der Waals surface area (Å²) in [5, 5.41) is 2.72. The molecule has 4 N–H and O–H groups in total. The average molecular weight is 249 g/mol. The first-order valence-corrected chi connectivity index (χ1v) is 5.69. The van der Waals surface area contributed by atoms with Gasteiger partial charge < -0.3 is 15.6 Å². The lowest BCUT2D eigenvalue weighted by atomic mass is 10.3. The lowest BCUT2D eigenvalue weighted by Gasteiger charge is -2.18. The Labute approximate surface area is 104 Å². The molecule has 2 amide bonds. The van der Waals surface area contributed by atoms with Crippen LogP contribution in [0.5, 0.6) is 0 Å². The van der Waals surface area contributed by atoms with E-state index in [9.17, 15) is 9.59 Å². The highest BCUT2D eigenvalue weighted by atomic mass is 16.2. The zero-order valence-electron chi connectivity index (χ0n) is 9.85. The maximum Gasteiger partial charge on any atom is 0.272 e. The van der Waals surface area contributed by atoms with E-state index in [1.54, 1.807) is 12.1 Å². The normalized spacial score (nSPS) is 15.8. The second kappa shape index (κ2) is 5.46. The van der Waals surface area contributed by atoms with E-state index < -0.39 is 0 Å². The van der Waals surface area contributed by atoms with Crippen LogP contribution in [0.25, 0.3) is 0 Å². The third kappa shape index (κ3) is 2.75. The van der Waals surface area contributed by atoms with Crippen molar-refractivity contribution in [1.29, 1.82) is 0 Å². The molecule has 7 nitrogen and oxygen atoms in total. The molecule has 0 unspecified atom stereocenters. The minimum atomic E-state index is -0.240. The Balaban J connectivity index is 2.11. The van der Waals surface area contributed by atoms with Crippen molar-refractivity contribution in [3.05, 3.63) is 24.0 Å². The van der Waals surface area contributed by atoms with Crippen LogP contribution >= 0.6 is 0 Å². The van der Waals surface area contributed by atoms with Crippen molar-refractivity contribution in [3.8, 4) is 0 Å². The van der Waals surface area contributed by atoms with Gasteiger partial charge in [-0.15, -0.1) is 0 Å². The molecule has 1 saturated heterocycles. The number of anilines is 1. The fraction of sp³-hybridized carbons (Fsp3) is 0.364. The molecule has 1 aliphatic heterocycles. The van der Waals surface area contributed by atoms with Crippen LogP contribution in [-0.4, -0.2) is 41.3 Å². The number of carbonyl (C=O) groups excluding carboxylic acids is 2. The number of rotatable bonds is 2. The van der Waals surface area contributed by atoms with E-state index in [1.165, 1.54) is 11.1 Å². The molecule has 96 valence electrons. The number of nitrogens with two attached hydrogens (primary N) is 1. The molecule has 0 saturated carbocycles. The Hall–Kier alpha value is -2.15. The first-order chi connectivity index (χ1) is 8.70. The summed E-state index contributed by atoms with van der Waals surface area (Å²) in [7, 11) is 0. The van der Waals surface area contributed by atoms with Crippen molar-refractivity contribution in [3.63, 3.8) is 0 Å². The Morgan fingerprint density at radius 2 is 2.33 bits per heavy atom. The fourth-order valence-electron chi connectivity index (χ4n) is 1.75. The summed E-state index contributed by atoms with van der Waals surface area (Å²) in [6.45, 7) is 1.24. The molecule has 2 rings (SSSR count). The number of pyridine rings is 1. The van der Waals surface area contributed by atoms with Gasteiger partial charge in [-0.3, -0.25) is 15.4 Å². The zero-order chi connectivity index (χ0) is 13.0. The van der Waals surface area contributed by atoms with Crippen LogP contribution in [0, 0.1) is 0 Å². The van der Waals surface area contributed by atoms with Crippen molar-refractivity contribution in [2.75, 3.05) is 25.1 Å². The monoisotopic (exact) mass is 249 g/mol. The number of aromatic nitrogens is 1. The second-order valence-corrected chi connectivity index (χ2v) is 4.01. The largest absolute Gasteiger partial charge is 0.354 e. The van der Waals surface area contributed by atoms with Crippen molar-refractivity contribution >= 4 is 17.5 Å². The zero-order valence-corrected chi connectivity index (χ0v) is 9.85. The van der Waals surface area contributed by atoms with Crippen LogP contribution in [-0.2, 0) is 4.79 Å². The van der Waals surface area contributed by atoms with Gasteiger partial charge in [-0.05, 0) is 18.6 Å². The van der Waals surface area contributed by atoms with Crippen LogP contribution in [0.4, 0.5) is 5.69 Å². The molecule has 7 heteroatoms. The van der Waals surface area contributed by atoms with Gasteiger partial charge in [0.25, 0.3) is 5.91 Å². The number of nitrogens with zero attached hydrogens (tertiary/aromatic N) is 2. The van der Waals surface area contributed by atoms with Crippen LogP contribution in [0.1, 0.15) is 16.9 Å². The van der Waals surface area contributed by atoms with Crippen molar-refractivity contribution in [2.24, 2.45) is 5.84 Å². The van der Waals surface area contributed by atoms with E-state index in [0.717, 1.165) is 6.42 Å². The van der Waals surface area contributed by atoms with Gasteiger partial charge in [-0.2, -0.15) is 0 Å². The molecule has 1 aliphatic rings. The smallest absolute Gasteiger partial charge is 0.272 e. The summed E-state index contributed by atoms with van der Waals surface area (Å²) >= 11 is 0. The van der Waals surface area contributed by atoms with E-state index in [1.807, 2.05) is 0 Å². The lowest BCUT2D eigenvalue weighted by Crippen LogP contribution is -2.37. The first kappa shape index (κ1) is 12.3. The highest BCUT2D eigenvalue weighted by Crippen LogP contribution is 2.08. The molecule has 0 radical (unpaired) electrons. The number of hydrogen-bond donors (Lipinski definition) is 3. The van der Waals surface area contributed by atoms with Gasteiger partial charge in [-0.25, -0.2) is 4.98 Å². The summed E-state index contributed by atoms with van der Waals surface area (Å²) in [4.78, 5) is 29.0. The maximum absolute atomic E-state index is 12.1. The minimum absolute atomic E-state index is 0.0808. The van der Waals surface area contributed by atoms with E-state index in [0.29, 0.717) is 24.5 Å². The molecule has 1 aromatic heterocycles. The maximum atomic E-state index is 12.1. The number of hydrogen-bond acceptors (Lipinski definition) is 5. The van der Waals surface area contributed by atoms with Gasteiger partial charge in [0.05, 0.1) is 18.4 Å². The molecular weight excluding hydrogens is 234 g/mol. The summed E-state index contributed by atoms with van der Waals surface area (Å²) in [6, 6.07) is 3.25. The summed E-state index contributed by atoms with van der Waals surface area (Å²) in [5.41, 5.74) is 3.37. The molecule has 0 spiro atoms. The Morgan fingerprint density at radius 1 is 1.50 bits per heavy atom. The number of hydrazine groups is 1. The van der Waals surface area contributed by atoms with Gasteiger partial charge in [0.1, 0.15) is 5.69 Å². The highest BCUT2D eigenvalue weighted by molar-refractivity contribution is 5.95.